The van der Waals surface area contributed by atoms with E-state index in [2.05, 4.69) is 15.1 Å². The van der Waals surface area contributed by atoms with E-state index in [-0.39, 0.29) is 5.02 Å². The van der Waals surface area contributed by atoms with E-state index in [4.69, 9.17) is 16.9 Å². The fraction of sp³-hybridized carbons (Fsp3) is 0. The Kier molecular flexibility index (Phi) is 2.13. The molecule has 0 aliphatic carbocycles. The van der Waals surface area contributed by atoms with Gasteiger partial charge in [-0.15, -0.1) is 0 Å². The molecule has 2 heterocycles. The van der Waals surface area contributed by atoms with E-state index in [1.165, 1.54) is 23.5 Å². The summed E-state index contributed by atoms with van der Waals surface area (Å²) in [6.07, 6.45) is 4.34. The van der Waals surface area contributed by atoms with Crippen molar-refractivity contribution in [2.75, 3.05) is 0 Å². The maximum atomic E-state index is 8.73. The summed E-state index contributed by atoms with van der Waals surface area (Å²) in [5.41, 5.74) is 0.368. The molecular weight excluding hydrogens is 202 g/mol. The fourth-order valence-electron chi connectivity index (χ4n) is 0.996. The van der Waals surface area contributed by atoms with Gasteiger partial charge in [-0.2, -0.15) is 10.4 Å². The minimum atomic E-state index is 0.278. The Balaban J connectivity index is 2.61. The summed E-state index contributed by atoms with van der Waals surface area (Å²) < 4.78 is 1.41. The maximum Gasteiger partial charge on any atom is 0.175 e. The first-order valence-corrected chi connectivity index (χ1v) is 4.10. The lowest BCUT2D eigenvalue weighted by molar-refractivity contribution is 0.845. The first kappa shape index (κ1) is 8.66. The molecule has 0 saturated carbocycles. The van der Waals surface area contributed by atoms with Crippen LogP contribution in [0.25, 0.3) is 5.82 Å². The van der Waals surface area contributed by atoms with Crippen LogP contribution in [0.15, 0.2) is 24.9 Å². The largest absolute Gasteiger partial charge is 0.236 e. The third-order valence-electron chi connectivity index (χ3n) is 1.63. The molecule has 0 aliphatic heterocycles. The van der Waals surface area contributed by atoms with Crippen molar-refractivity contribution in [3.63, 3.8) is 0 Å². The van der Waals surface area contributed by atoms with Crippen molar-refractivity contribution in [3.05, 3.63) is 35.5 Å². The van der Waals surface area contributed by atoms with Crippen molar-refractivity contribution < 1.29 is 0 Å². The van der Waals surface area contributed by atoms with Crippen LogP contribution in [-0.4, -0.2) is 19.7 Å². The van der Waals surface area contributed by atoms with Gasteiger partial charge in [-0.05, 0) is 6.07 Å². The zero-order valence-electron chi connectivity index (χ0n) is 6.92. The zero-order chi connectivity index (χ0) is 9.97. The molecule has 5 nitrogen and oxygen atoms in total. The number of nitriles is 1. The second-order valence-corrected chi connectivity index (χ2v) is 2.83. The summed E-state index contributed by atoms with van der Waals surface area (Å²) in [5.74, 6) is 0.406. The average molecular weight is 206 g/mol. The van der Waals surface area contributed by atoms with Crippen LogP contribution in [0, 0.1) is 11.3 Å². The molecule has 0 radical (unpaired) electrons. The third-order valence-corrected chi connectivity index (χ3v) is 2.00. The molecule has 0 bridgehead atoms. The quantitative estimate of drug-likeness (QED) is 0.701. The molecule has 68 valence electrons. The Labute approximate surface area is 84.6 Å². The number of pyridine rings is 1. The first-order valence-electron chi connectivity index (χ1n) is 3.72. The van der Waals surface area contributed by atoms with E-state index in [1.807, 2.05) is 6.07 Å². The number of nitrogens with zero attached hydrogens (tertiary/aromatic N) is 5. The van der Waals surface area contributed by atoms with Crippen molar-refractivity contribution in [1.29, 1.82) is 5.26 Å². The van der Waals surface area contributed by atoms with Crippen LogP contribution in [0.5, 0.6) is 0 Å². The highest BCUT2D eigenvalue weighted by Gasteiger charge is 2.08. The predicted octanol–water partition coefficient (Wildman–Crippen LogP) is 1.19. The van der Waals surface area contributed by atoms with Crippen LogP contribution >= 0.6 is 11.6 Å². The molecule has 0 saturated heterocycles. The Hall–Kier alpha value is -1.93. The van der Waals surface area contributed by atoms with Gasteiger partial charge in [0.25, 0.3) is 0 Å². The monoisotopic (exact) mass is 205 g/mol. The molecule has 2 aromatic heterocycles. The van der Waals surface area contributed by atoms with Crippen molar-refractivity contribution >= 4 is 11.6 Å². The number of halogens is 1. The normalized spacial score (nSPS) is 9.71. The predicted molar refractivity (Wildman–Crippen MR) is 48.9 cm³/mol. The number of hydrogen-bond donors (Lipinski definition) is 0. The summed E-state index contributed by atoms with van der Waals surface area (Å²) in [5, 5.41) is 12.9. The summed E-state index contributed by atoms with van der Waals surface area (Å²) in [6, 6.07) is 3.51. The van der Waals surface area contributed by atoms with Gasteiger partial charge < -0.3 is 0 Å². The van der Waals surface area contributed by atoms with E-state index < -0.39 is 0 Å². The Morgan fingerprint density at radius 3 is 3.00 bits per heavy atom. The van der Waals surface area contributed by atoms with E-state index in [0.717, 1.165) is 0 Å². The van der Waals surface area contributed by atoms with Crippen molar-refractivity contribution in [2.24, 2.45) is 0 Å². The van der Waals surface area contributed by atoms with E-state index in [9.17, 15) is 0 Å². The summed E-state index contributed by atoms with van der Waals surface area (Å²) in [4.78, 5) is 7.77. The SMILES string of the molecule is N#Cc1ccnc(-n2cncn2)c1Cl. The topological polar surface area (TPSA) is 67.4 Å². The standard InChI is InChI=1S/C8H4ClN5/c9-7-6(3-10)1-2-12-8(7)14-5-11-4-13-14/h1-2,4-5H. The van der Waals surface area contributed by atoms with Gasteiger partial charge in [-0.3, -0.25) is 0 Å². The van der Waals surface area contributed by atoms with Gasteiger partial charge in [-0.1, -0.05) is 11.6 Å². The lowest BCUT2D eigenvalue weighted by atomic mass is 10.3. The Morgan fingerprint density at radius 2 is 2.36 bits per heavy atom. The highest BCUT2D eigenvalue weighted by Crippen LogP contribution is 2.20. The van der Waals surface area contributed by atoms with Crippen LogP contribution in [0.4, 0.5) is 0 Å². The average Bonchev–Trinajstić information content (AvgIpc) is 2.71. The minimum absolute atomic E-state index is 0.278. The molecule has 0 fully saturated rings. The summed E-state index contributed by atoms with van der Waals surface area (Å²) in [6.45, 7) is 0. The molecule has 0 aliphatic rings. The van der Waals surface area contributed by atoms with Gasteiger partial charge in [0.1, 0.15) is 23.7 Å². The summed E-state index contributed by atoms with van der Waals surface area (Å²) >= 11 is 5.93. The lowest BCUT2D eigenvalue weighted by Crippen LogP contribution is -1.99. The fourth-order valence-corrected chi connectivity index (χ4v) is 1.24. The molecule has 0 amide bonds. The van der Waals surface area contributed by atoms with Gasteiger partial charge in [0.2, 0.25) is 0 Å². The molecule has 2 aromatic rings. The van der Waals surface area contributed by atoms with Gasteiger partial charge in [0.05, 0.1) is 5.56 Å². The first-order chi connectivity index (χ1) is 6.83. The molecule has 6 heteroatoms. The second kappa shape index (κ2) is 3.44. The Morgan fingerprint density at radius 1 is 1.50 bits per heavy atom. The third kappa shape index (κ3) is 1.32. The number of aromatic nitrogens is 4. The van der Waals surface area contributed by atoms with Gasteiger partial charge >= 0.3 is 0 Å². The molecule has 14 heavy (non-hydrogen) atoms. The van der Waals surface area contributed by atoms with Crippen LogP contribution in [-0.2, 0) is 0 Å². The molecule has 0 unspecified atom stereocenters. The van der Waals surface area contributed by atoms with Crippen molar-refractivity contribution in [1.82, 2.24) is 19.7 Å². The van der Waals surface area contributed by atoms with Crippen LogP contribution in [0.3, 0.4) is 0 Å². The van der Waals surface area contributed by atoms with E-state index >= 15 is 0 Å². The zero-order valence-corrected chi connectivity index (χ0v) is 7.68. The number of rotatable bonds is 1. The van der Waals surface area contributed by atoms with Crippen LogP contribution < -0.4 is 0 Å². The molecule has 0 aromatic carbocycles. The molecule has 0 N–H and O–H groups in total. The van der Waals surface area contributed by atoms with Crippen LogP contribution in [0.2, 0.25) is 5.02 Å². The molecule has 0 spiro atoms. The highest BCUT2D eigenvalue weighted by atomic mass is 35.5. The van der Waals surface area contributed by atoms with Crippen LogP contribution in [0.1, 0.15) is 5.56 Å². The molecular formula is C8H4ClN5. The summed E-state index contributed by atoms with van der Waals surface area (Å²) in [7, 11) is 0. The second-order valence-electron chi connectivity index (χ2n) is 2.45. The van der Waals surface area contributed by atoms with Gasteiger partial charge in [-0.25, -0.2) is 14.6 Å². The number of hydrogen-bond acceptors (Lipinski definition) is 4. The highest BCUT2D eigenvalue weighted by molar-refractivity contribution is 6.33. The molecule has 0 atom stereocenters. The Bertz CT molecular complexity index is 485. The van der Waals surface area contributed by atoms with Crippen molar-refractivity contribution in [2.45, 2.75) is 0 Å². The maximum absolute atomic E-state index is 8.73. The lowest BCUT2D eigenvalue weighted by Gasteiger charge is -2.02. The van der Waals surface area contributed by atoms with Gasteiger partial charge in [0, 0.05) is 6.20 Å². The van der Waals surface area contributed by atoms with Crippen molar-refractivity contribution in [3.8, 4) is 11.9 Å². The van der Waals surface area contributed by atoms with E-state index in [0.29, 0.717) is 11.4 Å². The van der Waals surface area contributed by atoms with E-state index in [1.54, 1.807) is 6.07 Å². The van der Waals surface area contributed by atoms with Gasteiger partial charge in [0.15, 0.2) is 5.82 Å². The molecule has 2 rings (SSSR count). The minimum Gasteiger partial charge on any atom is -0.236 e. The smallest absolute Gasteiger partial charge is 0.175 e.